The highest BCUT2D eigenvalue weighted by Crippen LogP contribution is 2.16. The maximum atomic E-state index is 11.6. The van der Waals surface area contributed by atoms with E-state index in [-0.39, 0.29) is 6.61 Å². The van der Waals surface area contributed by atoms with Crippen molar-refractivity contribution in [3.8, 4) is 0 Å². The van der Waals surface area contributed by atoms with Gasteiger partial charge in [0.2, 0.25) is 0 Å². The molecule has 0 aliphatic heterocycles. The van der Waals surface area contributed by atoms with Gasteiger partial charge in [-0.05, 0) is 6.42 Å². The summed E-state index contributed by atoms with van der Waals surface area (Å²) in [6.07, 6.45) is 3.04. The largest absolute Gasteiger partial charge is 0.481 e. The summed E-state index contributed by atoms with van der Waals surface area (Å²) in [6, 6.07) is 0. The quantitative estimate of drug-likeness (QED) is 0.357. The van der Waals surface area contributed by atoms with Crippen LogP contribution in [0.25, 0.3) is 0 Å². The van der Waals surface area contributed by atoms with Crippen molar-refractivity contribution in [2.75, 3.05) is 6.61 Å². The van der Waals surface area contributed by atoms with Crippen LogP contribution >= 0.6 is 0 Å². The first-order chi connectivity index (χ1) is 8.90. The molecule has 6 nitrogen and oxygen atoms in total. The molecule has 0 aromatic heterocycles. The fraction of sp³-hybridized carbons (Fsp3) is 0.615. The van der Waals surface area contributed by atoms with Crippen LogP contribution < -0.4 is 0 Å². The van der Waals surface area contributed by atoms with Gasteiger partial charge in [-0.15, -0.1) is 0 Å². The van der Waals surface area contributed by atoms with Crippen LogP contribution in [0.2, 0.25) is 0 Å². The zero-order valence-corrected chi connectivity index (χ0v) is 11.1. The Bertz CT molecular complexity index is 347. The monoisotopic (exact) mass is 272 g/mol. The lowest BCUT2D eigenvalue weighted by Gasteiger charge is -2.14. The van der Waals surface area contributed by atoms with Crippen LogP contribution in [0.4, 0.5) is 0 Å². The lowest BCUT2D eigenvalue weighted by Crippen LogP contribution is -2.26. The molecule has 0 aliphatic carbocycles. The van der Waals surface area contributed by atoms with E-state index in [0.717, 1.165) is 19.3 Å². The minimum atomic E-state index is -1.39. The van der Waals surface area contributed by atoms with Crippen LogP contribution in [0.15, 0.2) is 12.2 Å². The maximum Gasteiger partial charge on any atom is 0.331 e. The third kappa shape index (κ3) is 7.23. The molecule has 0 rings (SSSR count). The molecule has 0 aromatic rings. The molecule has 108 valence electrons. The lowest BCUT2D eigenvalue weighted by molar-refractivity contribution is -0.153. The summed E-state index contributed by atoms with van der Waals surface area (Å²) in [6.45, 7) is 5.44. The standard InChI is InChI=1S/C13H20O6/c1-3-4-5-6-7-19-13(18)10(8-11(14)15)9(2)12(16)17/h10H,2-8H2,1H3,(H,14,15)(H,16,17). The zero-order valence-electron chi connectivity index (χ0n) is 11.1. The number of rotatable bonds is 10. The van der Waals surface area contributed by atoms with Gasteiger partial charge in [-0.2, -0.15) is 0 Å². The molecule has 1 unspecified atom stereocenters. The second-order valence-corrected chi connectivity index (χ2v) is 4.21. The van der Waals surface area contributed by atoms with Gasteiger partial charge >= 0.3 is 17.9 Å². The first-order valence-electron chi connectivity index (χ1n) is 6.20. The predicted molar refractivity (Wildman–Crippen MR) is 67.6 cm³/mol. The first-order valence-corrected chi connectivity index (χ1v) is 6.20. The highest BCUT2D eigenvalue weighted by molar-refractivity contribution is 5.95. The van der Waals surface area contributed by atoms with Gasteiger partial charge in [0.15, 0.2) is 0 Å². The summed E-state index contributed by atoms with van der Waals surface area (Å²) in [5, 5.41) is 17.4. The topological polar surface area (TPSA) is 101 Å². The van der Waals surface area contributed by atoms with Gasteiger partial charge in [0, 0.05) is 5.57 Å². The lowest BCUT2D eigenvalue weighted by atomic mass is 9.97. The van der Waals surface area contributed by atoms with Crippen molar-refractivity contribution < 1.29 is 29.3 Å². The van der Waals surface area contributed by atoms with Crippen molar-refractivity contribution >= 4 is 17.9 Å². The third-order valence-corrected chi connectivity index (χ3v) is 2.60. The van der Waals surface area contributed by atoms with Gasteiger partial charge in [-0.25, -0.2) is 4.79 Å². The molecule has 0 saturated carbocycles. The number of carbonyl (C=O) groups is 3. The van der Waals surface area contributed by atoms with Crippen molar-refractivity contribution in [1.82, 2.24) is 0 Å². The molecule has 0 radical (unpaired) electrons. The summed E-state index contributed by atoms with van der Waals surface area (Å²) < 4.78 is 4.90. The Labute approximate surface area is 112 Å². The molecule has 0 bridgehead atoms. The van der Waals surface area contributed by atoms with E-state index in [2.05, 4.69) is 6.58 Å². The van der Waals surface area contributed by atoms with Gasteiger partial charge in [-0.3, -0.25) is 9.59 Å². The van der Waals surface area contributed by atoms with E-state index in [1.165, 1.54) is 0 Å². The number of unbranched alkanes of at least 4 members (excludes halogenated alkanes) is 3. The second-order valence-electron chi connectivity index (χ2n) is 4.21. The fourth-order valence-electron chi connectivity index (χ4n) is 1.47. The van der Waals surface area contributed by atoms with Crippen LogP contribution in [-0.4, -0.2) is 34.7 Å². The summed E-state index contributed by atoms with van der Waals surface area (Å²) in [4.78, 5) is 33.0. The Balaban J connectivity index is 4.35. The number of carboxylic acids is 2. The minimum absolute atomic E-state index is 0.169. The van der Waals surface area contributed by atoms with E-state index < -0.39 is 35.8 Å². The van der Waals surface area contributed by atoms with Crippen LogP contribution in [0, 0.1) is 5.92 Å². The number of hydrogen-bond donors (Lipinski definition) is 2. The van der Waals surface area contributed by atoms with Gasteiger partial charge in [0.1, 0.15) is 0 Å². The molecule has 2 N–H and O–H groups in total. The Hall–Kier alpha value is -1.85. The number of hydrogen-bond acceptors (Lipinski definition) is 4. The maximum absolute atomic E-state index is 11.6. The SMILES string of the molecule is C=C(C(=O)O)C(CC(=O)O)C(=O)OCCCCCC. The van der Waals surface area contributed by atoms with Crippen LogP contribution in [0.3, 0.4) is 0 Å². The average Bonchev–Trinajstić information content (AvgIpc) is 2.34. The van der Waals surface area contributed by atoms with Crippen LogP contribution in [-0.2, 0) is 19.1 Å². The van der Waals surface area contributed by atoms with Gasteiger partial charge in [-0.1, -0.05) is 32.8 Å². The number of carboxylic acid groups (broad SMARTS) is 2. The van der Waals surface area contributed by atoms with Crippen molar-refractivity contribution in [3.63, 3.8) is 0 Å². The van der Waals surface area contributed by atoms with E-state index in [1.54, 1.807) is 0 Å². The van der Waals surface area contributed by atoms with Gasteiger partial charge < -0.3 is 14.9 Å². The number of carbonyl (C=O) groups excluding carboxylic acids is 1. The highest BCUT2D eigenvalue weighted by atomic mass is 16.5. The van der Waals surface area contributed by atoms with E-state index in [4.69, 9.17) is 14.9 Å². The fourth-order valence-corrected chi connectivity index (χ4v) is 1.47. The number of ether oxygens (including phenoxy) is 1. The van der Waals surface area contributed by atoms with E-state index >= 15 is 0 Å². The van der Waals surface area contributed by atoms with Gasteiger partial charge in [0.25, 0.3) is 0 Å². The number of esters is 1. The van der Waals surface area contributed by atoms with Crippen molar-refractivity contribution in [3.05, 3.63) is 12.2 Å². The number of aliphatic carboxylic acids is 2. The average molecular weight is 272 g/mol. The summed E-state index contributed by atoms with van der Waals surface area (Å²) in [7, 11) is 0. The zero-order chi connectivity index (χ0) is 14.8. The van der Waals surface area contributed by atoms with Gasteiger partial charge in [0.05, 0.1) is 18.9 Å². The minimum Gasteiger partial charge on any atom is -0.481 e. The summed E-state index contributed by atoms with van der Waals surface area (Å²) in [5.74, 6) is -4.84. The molecule has 1 atom stereocenters. The molecule has 0 saturated heterocycles. The normalized spacial score (nSPS) is 11.6. The Kier molecular flexibility index (Phi) is 8.24. The Morgan fingerprint density at radius 1 is 1.16 bits per heavy atom. The van der Waals surface area contributed by atoms with E-state index in [0.29, 0.717) is 6.42 Å². The smallest absolute Gasteiger partial charge is 0.331 e. The van der Waals surface area contributed by atoms with Crippen LogP contribution in [0.1, 0.15) is 39.0 Å². The molecule has 0 aliphatic rings. The molecule has 0 heterocycles. The molecular formula is C13H20O6. The summed E-state index contributed by atoms with van der Waals surface area (Å²) >= 11 is 0. The second kappa shape index (κ2) is 9.13. The Morgan fingerprint density at radius 2 is 1.79 bits per heavy atom. The predicted octanol–water partition coefficient (Wildman–Crippen LogP) is 1.84. The molecular weight excluding hydrogens is 252 g/mol. The molecule has 6 heteroatoms. The van der Waals surface area contributed by atoms with Crippen molar-refractivity contribution in [2.45, 2.75) is 39.0 Å². The molecule has 19 heavy (non-hydrogen) atoms. The Morgan fingerprint density at radius 3 is 2.26 bits per heavy atom. The van der Waals surface area contributed by atoms with Crippen LogP contribution in [0.5, 0.6) is 0 Å². The van der Waals surface area contributed by atoms with E-state index in [1.807, 2.05) is 6.92 Å². The molecule has 0 aromatic carbocycles. The molecule has 0 amide bonds. The molecule has 0 fully saturated rings. The summed E-state index contributed by atoms with van der Waals surface area (Å²) in [5.41, 5.74) is -0.457. The highest BCUT2D eigenvalue weighted by Gasteiger charge is 2.29. The van der Waals surface area contributed by atoms with E-state index in [9.17, 15) is 14.4 Å². The third-order valence-electron chi connectivity index (χ3n) is 2.60. The van der Waals surface area contributed by atoms with Crippen molar-refractivity contribution in [2.24, 2.45) is 5.92 Å². The first kappa shape index (κ1) is 17.2. The van der Waals surface area contributed by atoms with Crippen molar-refractivity contribution in [1.29, 1.82) is 0 Å². The molecule has 0 spiro atoms.